The van der Waals surface area contributed by atoms with E-state index in [-0.39, 0.29) is 5.91 Å². The van der Waals surface area contributed by atoms with Gasteiger partial charge in [0, 0.05) is 22.0 Å². The third kappa shape index (κ3) is 4.30. The van der Waals surface area contributed by atoms with E-state index in [0.717, 1.165) is 40.7 Å². The van der Waals surface area contributed by atoms with E-state index < -0.39 is 0 Å². The van der Waals surface area contributed by atoms with Gasteiger partial charge in [-0.3, -0.25) is 10.1 Å². The molecule has 4 aromatic rings. The molecule has 3 aromatic heterocycles. The molecular weight excluding hydrogens is 459 g/mol. The molecule has 4 rings (SSSR count). The second-order valence-electron chi connectivity index (χ2n) is 6.72. The molecule has 0 unspecified atom stereocenters. The second-order valence-corrected chi connectivity index (χ2v) is 9.40. The highest BCUT2D eigenvalue weighted by Crippen LogP contribution is 2.34. The van der Waals surface area contributed by atoms with Crippen molar-refractivity contribution in [2.24, 2.45) is 0 Å². The van der Waals surface area contributed by atoms with E-state index in [1.807, 2.05) is 23.6 Å². The molecule has 3 N–H and O–H groups in total. The van der Waals surface area contributed by atoms with Crippen LogP contribution in [0.5, 0.6) is 0 Å². The first-order valence-corrected chi connectivity index (χ1v) is 11.8. The average Bonchev–Trinajstić information content (AvgIpc) is 3.33. The minimum atomic E-state index is -0.291. The van der Waals surface area contributed by atoms with Crippen LogP contribution in [0.15, 0.2) is 35.7 Å². The molecule has 0 bridgehead atoms. The lowest BCUT2D eigenvalue weighted by atomic mass is 10.1. The fourth-order valence-corrected chi connectivity index (χ4v) is 5.00. The van der Waals surface area contributed by atoms with Crippen LogP contribution in [0.3, 0.4) is 0 Å². The molecule has 0 spiro atoms. The molecule has 0 saturated carbocycles. The first-order chi connectivity index (χ1) is 14.5. The van der Waals surface area contributed by atoms with Crippen LogP contribution in [0.2, 0.25) is 10.0 Å². The molecule has 0 fully saturated rings. The molecule has 0 aliphatic rings. The Morgan fingerprint density at radius 1 is 1.17 bits per heavy atom. The van der Waals surface area contributed by atoms with Gasteiger partial charge < -0.3 is 5.73 Å². The van der Waals surface area contributed by atoms with Crippen LogP contribution >= 0.6 is 45.9 Å². The molecule has 30 heavy (non-hydrogen) atoms. The summed E-state index contributed by atoms with van der Waals surface area (Å²) >= 11 is 14.7. The van der Waals surface area contributed by atoms with Gasteiger partial charge in [-0.2, -0.15) is 0 Å². The number of anilines is 2. The van der Waals surface area contributed by atoms with E-state index >= 15 is 0 Å². The fourth-order valence-electron chi connectivity index (χ4n) is 2.97. The molecule has 5 nitrogen and oxygen atoms in total. The zero-order chi connectivity index (χ0) is 21.3. The number of halogens is 2. The van der Waals surface area contributed by atoms with Crippen LogP contribution in [-0.2, 0) is 6.42 Å². The maximum absolute atomic E-state index is 12.8. The molecule has 0 aliphatic carbocycles. The lowest BCUT2D eigenvalue weighted by Crippen LogP contribution is -2.11. The minimum Gasteiger partial charge on any atom is -0.397 e. The Bertz CT molecular complexity index is 1240. The number of amides is 1. The predicted molar refractivity (Wildman–Crippen MR) is 128 cm³/mol. The summed E-state index contributed by atoms with van der Waals surface area (Å²) in [5.41, 5.74) is 9.24. The fraction of sp³-hybridized carbons (Fsp3) is 0.190. The average molecular weight is 477 g/mol. The molecular formula is C21H18Cl2N4OS2. The summed E-state index contributed by atoms with van der Waals surface area (Å²) in [7, 11) is 0. The maximum Gasteiger partial charge on any atom is 0.269 e. The van der Waals surface area contributed by atoms with Gasteiger partial charge in [0.25, 0.3) is 5.91 Å². The van der Waals surface area contributed by atoms with E-state index in [9.17, 15) is 4.79 Å². The van der Waals surface area contributed by atoms with Crippen molar-refractivity contribution >= 4 is 72.8 Å². The van der Waals surface area contributed by atoms with Crippen molar-refractivity contribution < 1.29 is 4.79 Å². The summed E-state index contributed by atoms with van der Waals surface area (Å²) in [6, 6.07) is 9.22. The Morgan fingerprint density at radius 2 is 2.00 bits per heavy atom. The van der Waals surface area contributed by atoms with E-state index in [1.165, 1.54) is 22.7 Å². The Hall–Kier alpha value is -2.19. The Kier molecular flexibility index (Phi) is 6.24. The summed E-state index contributed by atoms with van der Waals surface area (Å²) < 4.78 is 0. The van der Waals surface area contributed by atoms with Gasteiger partial charge in [0.15, 0.2) is 5.13 Å². The van der Waals surface area contributed by atoms with Gasteiger partial charge in [-0.1, -0.05) is 42.6 Å². The summed E-state index contributed by atoms with van der Waals surface area (Å²) in [6.45, 7) is 2.15. The number of unbranched alkanes of at least 4 members (excludes halogenated alkanes) is 1. The quantitative estimate of drug-likeness (QED) is 0.316. The first-order valence-electron chi connectivity index (χ1n) is 9.36. The number of thiophene rings is 1. The number of aromatic nitrogens is 2. The number of nitrogen functional groups attached to an aromatic ring is 1. The smallest absolute Gasteiger partial charge is 0.269 e. The third-order valence-electron chi connectivity index (χ3n) is 4.58. The zero-order valence-electron chi connectivity index (χ0n) is 16.0. The zero-order valence-corrected chi connectivity index (χ0v) is 19.2. The molecule has 154 valence electrons. The summed E-state index contributed by atoms with van der Waals surface area (Å²) in [6.07, 6.45) is 3.11. The number of pyridine rings is 1. The number of fused-ring (bicyclic) bond motifs is 1. The number of benzene rings is 1. The number of carbonyl (C=O) groups is 1. The lowest BCUT2D eigenvalue weighted by Gasteiger charge is -2.01. The number of thiazole rings is 1. The summed E-state index contributed by atoms with van der Waals surface area (Å²) in [5, 5.41) is 6.91. The maximum atomic E-state index is 12.8. The Morgan fingerprint density at radius 3 is 2.77 bits per heavy atom. The van der Waals surface area contributed by atoms with Crippen molar-refractivity contribution in [3.05, 3.63) is 56.3 Å². The van der Waals surface area contributed by atoms with Gasteiger partial charge in [0.1, 0.15) is 9.71 Å². The number of nitrogens with one attached hydrogen (secondary N) is 1. The van der Waals surface area contributed by atoms with Crippen LogP contribution in [-0.4, -0.2) is 15.9 Å². The molecule has 1 amide bonds. The minimum absolute atomic E-state index is 0.291. The van der Waals surface area contributed by atoms with Crippen LogP contribution < -0.4 is 11.1 Å². The van der Waals surface area contributed by atoms with Crippen molar-refractivity contribution in [1.82, 2.24) is 9.97 Å². The number of nitrogens with two attached hydrogens (primary N) is 1. The largest absolute Gasteiger partial charge is 0.397 e. The first kappa shape index (κ1) is 21.1. The van der Waals surface area contributed by atoms with Crippen LogP contribution in [0.25, 0.3) is 21.5 Å². The number of carbonyl (C=O) groups excluding carboxylic acids is 1. The van der Waals surface area contributed by atoms with Gasteiger partial charge >= 0.3 is 0 Å². The highest BCUT2D eigenvalue weighted by molar-refractivity contribution is 7.21. The van der Waals surface area contributed by atoms with Crippen molar-refractivity contribution in [2.75, 3.05) is 11.1 Å². The van der Waals surface area contributed by atoms with Crippen LogP contribution in [0.4, 0.5) is 10.8 Å². The number of aryl methyl sites for hydroxylation is 1. The van der Waals surface area contributed by atoms with Gasteiger partial charge in [-0.25, -0.2) is 9.97 Å². The Balaban J connectivity index is 1.55. The molecule has 9 heteroatoms. The van der Waals surface area contributed by atoms with E-state index in [2.05, 4.69) is 22.2 Å². The Labute approximate surface area is 191 Å². The summed E-state index contributed by atoms with van der Waals surface area (Å²) in [5.74, 6) is -0.291. The number of hydrogen-bond acceptors (Lipinski definition) is 6. The van der Waals surface area contributed by atoms with Crippen molar-refractivity contribution in [1.29, 1.82) is 0 Å². The van der Waals surface area contributed by atoms with E-state index in [0.29, 0.717) is 31.4 Å². The third-order valence-corrected chi connectivity index (χ3v) is 7.19. The molecule has 3 heterocycles. The van der Waals surface area contributed by atoms with Gasteiger partial charge in [0.05, 0.1) is 21.4 Å². The van der Waals surface area contributed by atoms with Gasteiger partial charge in [-0.15, -0.1) is 22.7 Å². The number of rotatable bonds is 6. The van der Waals surface area contributed by atoms with E-state index in [1.54, 1.807) is 12.1 Å². The summed E-state index contributed by atoms with van der Waals surface area (Å²) in [4.78, 5) is 23.2. The molecule has 1 aromatic carbocycles. The number of nitrogens with zero attached hydrogens (tertiary/aromatic N) is 2. The standard InChI is InChI=1S/C21H18Cl2N4OS2/c1-2-3-4-12-6-7-13-17(24)18(30-20(13)25-12)19(28)27-21-26-16(10-29-21)11-5-8-14(22)15(23)9-11/h5-10H,2-4,24H2,1H3,(H,26,27,28). The van der Waals surface area contributed by atoms with Crippen LogP contribution in [0.1, 0.15) is 35.1 Å². The highest BCUT2D eigenvalue weighted by atomic mass is 35.5. The van der Waals surface area contributed by atoms with Crippen LogP contribution in [0, 0.1) is 0 Å². The SMILES string of the molecule is CCCCc1ccc2c(N)c(C(=O)Nc3nc(-c4ccc(Cl)c(Cl)c4)cs3)sc2n1. The number of hydrogen-bond donors (Lipinski definition) is 2. The van der Waals surface area contributed by atoms with Gasteiger partial charge in [-0.05, 0) is 37.1 Å². The van der Waals surface area contributed by atoms with E-state index in [4.69, 9.17) is 28.9 Å². The van der Waals surface area contributed by atoms with Crippen molar-refractivity contribution in [3.8, 4) is 11.3 Å². The topological polar surface area (TPSA) is 80.9 Å². The lowest BCUT2D eigenvalue weighted by molar-refractivity contribution is 0.103. The second kappa shape index (κ2) is 8.89. The molecule has 0 atom stereocenters. The molecule has 0 radical (unpaired) electrons. The monoisotopic (exact) mass is 476 g/mol. The normalized spacial score (nSPS) is 11.2. The predicted octanol–water partition coefficient (Wildman–Crippen LogP) is 6.90. The highest BCUT2D eigenvalue weighted by Gasteiger charge is 2.19. The molecule has 0 aliphatic heterocycles. The van der Waals surface area contributed by atoms with Crippen molar-refractivity contribution in [3.63, 3.8) is 0 Å². The van der Waals surface area contributed by atoms with Crippen molar-refractivity contribution in [2.45, 2.75) is 26.2 Å². The van der Waals surface area contributed by atoms with Gasteiger partial charge in [0.2, 0.25) is 0 Å². The molecule has 0 saturated heterocycles.